The smallest absolute Gasteiger partial charge is 0.0648 e. The summed E-state index contributed by atoms with van der Waals surface area (Å²) in [6, 6.07) is 7.03. The largest absolute Gasteiger partial charge is 0.381 e. The molecule has 0 amide bonds. The van der Waals surface area contributed by atoms with Crippen molar-refractivity contribution in [1.82, 2.24) is 0 Å². The number of nitrogens with one attached hydrogen (secondary N) is 1. The van der Waals surface area contributed by atoms with E-state index in [0.717, 1.165) is 36.4 Å². The Bertz CT molecular complexity index is 362. The van der Waals surface area contributed by atoms with Crippen molar-refractivity contribution < 1.29 is 0 Å². The van der Waals surface area contributed by atoms with Crippen LogP contribution in [0.25, 0.3) is 0 Å². The topological polar surface area (TPSA) is 38.0 Å². The van der Waals surface area contributed by atoms with Gasteiger partial charge >= 0.3 is 0 Å². The molecule has 1 aliphatic rings. The summed E-state index contributed by atoms with van der Waals surface area (Å²) in [5.74, 6) is 0. The summed E-state index contributed by atoms with van der Waals surface area (Å²) >= 11 is 8.45. The average molecular weight is 351 g/mol. The fourth-order valence-electron chi connectivity index (χ4n) is 2.09. The Morgan fingerprint density at radius 1 is 1.25 bits per heavy atom. The quantitative estimate of drug-likeness (QED) is 0.799. The Hall–Kier alpha value is -0.0000000000000000555. The van der Waals surface area contributed by atoms with Gasteiger partial charge in [-0.25, -0.2) is 0 Å². The third kappa shape index (κ3) is 3.25. The van der Waals surface area contributed by atoms with Crippen LogP contribution in [0.3, 0.4) is 0 Å². The standard InChI is InChI=1S/C12H16ClIN2/c13-11-7-8(14)1-6-12(11)16-10-4-2-9(15)3-5-10/h1,6-7,9-10,16H,2-5,15H2. The van der Waals surface area contributed by atoms with Crippen LogP contribution in [0.15, 0.2) is 18.2 Å². The van der Waals surface area contributed by atoms with E-state index in [-0.39, 0.29) is 0 Å². The van der Waals surface area contributed by atoms with Crippen LogP contribution in [-0.4, -0.2) is 12.1 Å². The molecule has 2 rings (SSSR count). The van der Waals surface area contributed by atoms with E-state index in [9.17, 15) is 0 Å². The molecule has 0 aliphatic heterocycles. The molecule has 0 unspecified atom stereocenters. The molecule has 0 heterocycles. The molecule has 1 saturated carbocycles. The minimum Gasteiger partial charge on any atom is -0.381 e. The van der Waals surface area contributed by atoms with Crippen LogP contribution in [0, 0.1) is 3.57 Å². The molecule has 88 valence electrons. The summed E-state index contributed by atoms with van der Waals surface area (Å²) in [6.07, 6.45) is 4.51. The first-order chi connectivity index (χ1) is 7.65. The Kier molecular flexibility index (Phi) is 4.33. The highest BCUT2D eigenvalue weighted by atomic mass is 127. The molecular formula is C12H16ClIN2. The highest BCUT2D eigenvalue weighted by molar-refractivity contribution is 14.1. The molecule has 0 radical (unpaired) electrons. The maximum Gasteiger partial charge on any atom is 0.0648 e. The Labute approximate surface area is 115 Å². The van der Waals surface area contributed by atoms with E-state index in [1.165, 1.54) is 3.57 Å². The third-order valence-electron chi connectivity index (χ3n) is 3.06. The van der Waals surface area contributed by atoms with Crippen molar-refractivity contribution in [3.63, 3.8) is 0 Å². The SMILES string of the molecule is NC1CCC(Nc2ccc(I)cc2Cl)CC1. The second-order valence-electron chi connectivity index (χ2n) is 4.38. The molecule has 1 aromatic carbocycles. The number of rotatable bonds is 2. The molecule has 16 heavy (non-hydrogen) atoms. The van der Waals surface area contributed by atoms with Crippen molar-refractivity contribution in [3.05, 3.63) is 26.8 Å². The van der Waals surface area contributed by atoms with Gasteiger partial charge in [-0.2, -0.15) is 0 Å². The molecule has 0 atom stereocenters. The Balaban J connectivity index is 1.98. The van der Waals surface area contributed by atoms with Crippen LogP contribution >= 0.6 is 34.2 Å². The van der Waals surface area contributed by atoms with Crippen molar-refractivity contribution in [2.24, 2.45) is 5.73 Å². The zero-order valence-corrected chi connectivity index (χ0v) is 12.0. The summed E-state index contributed by atoms with van der Waals surface area (Å²) < 4.78 is 1.17. The summed E-state index contributed by atoms with van der Waals surface area (Å²) in [7, 11) is 0. The van der Waals surface area contributed by atoms with E-state index in [0.29, 0.717) is 12.1 Å². The number of hydrogen-bond acceptors (Lipinski definition) is 2. The highest BCUT2D eigenvalue weighted by Crippen LogP contribution is 2.27. The van der Waals surface area contributed by atoms with Gasteiger partial charge in [0.25, 0.3) is 0 Å². The monoisotopic (exact) mass is 350 g/mol. The third-order valence-corrected chi connectivity index (χ3v) is 4.05. The van der Waals surface area contributed by atoms with Crippen LogP contribution in [0.5, 0.6) is 0 Å². The van der Waals surface area contributed by atoms with Gasteiger partial charge in [-0.05, 0) is 66.5 Å². The molecule has 1 fully saturated rings. The van der Waals surface area contributed by atoms with E-state index in [1.54, 1.807) is 0 Å². The molecule has 0 aromatic heterocycles. The van der Waals surface area contributed by atoms with Gasteiger partial charge in [-0.1, -0.05) is 11.6 Å². The van der Waals surface area contributed by atoms with Gasteiger partial charge in [0.2, 0.25) is 0 Å². The van der Waals surface area contributed by atoms with E-state index in [1.807, 2.05) is 6.07 Å². The second kappa shape index (κ2) is 5.56. The fraction of sp³-hybridized carbons (Fsp3) is 0.500. The number of benzene rings is 1. The lowest BCUT2D eigenvalue weighted by molar-refractivity contribution is 0.411. The van der Waals surface area contributed by atoms with Crippen molar-refractivity contribution in [2.45, 2.75) is 37.8 Å². The molecule has 0 saturated heterocycles. The van der Waals surface area contributed by atoms with Crippen LogP contribution in [-0.2, 0) is 0 Å². The maximum absolute atomic E-state index is 6.19. The number of halogens is 2. The average Bonchev–Trinajstić information content (AvgIpc) is 2.25. The van der Waals surface area contributed by atoms with Crippen molar-refractivity contribution in [2.75, 3.05) is 5.32 Å². The van der Waals surface area contributed by atoms with Crippen LogP contribution < -0.4 is 11.1 Å². The highest BCUT2D eigenvalue weighted by Gasteiger charge is 2.18. The molecule has 1 aliphatic carbocycles. The molecule has 4 heteroatoms. The maximum atomic E-state index is 6.19. The number of anilines is 1. The normalized spacial score (nSPS) is 25.4. The van der Waals surface area contributed by atoms with Gasteiger partial charge in [0, 0.05) is 15.7 Å². The zero-order chi connectivity index (χ0) is 11.5. The van der Waals surface area contributed by atoms with E-state index >= 15 is 0 Å². The zero-order valence-electron chi connectivity index (χ0n) is 9.05. The van der Waals surface area contributed by atoms with Crippen LogP contribution in [0.1, 0.15) is 25.7 Å². The van der Waals surface area contributed by atoms with Crippen LogP contribution in [0.4, 0.5) is 5.69 Å². The minimum absolute atomic E-state index is 0.394. The first-order valence-electron chi connectivity index (χ1n) is 5.62. The van der Waals surface area contributed by atoms with Crippen molar-refractivity contribution in [3.8, 4) is 0 Å². The van der Waals surface area contributed by atoms with Gasteiger partial charge in [-0.15, -0.1) is 0 Å². The minimum atomic E-state index is 0.394. The predicted octanol–water partition coefficient (Wildman–Crippen LogP) is 3.63. The summed E-state index contributed by atoms with van der Waals surface area (Å²) in [4.78, 5) is 0. The summed E-state index contributed by atoms with van der Waals surface area (Å²) in [5, 5.41) is 4.31. The number of hydrogen-bond donors (Lipinski definition) is 2. The molecular weight excluding hydrogens is 335 g/mol. The second-order valence-corrected chi connectivity index (χ2v) is 6.03. The molecule has 1 aromatic rings. The van der Waals surface area contributed by atoms with Gasteiger partial charge in [0.05, 0.1) is 10.7 Å². The van der Waals surface area contributed by atoms with Gasteiger partial charge < -0.3 is 11.1 Å². The molecule has 0 bridgehead atoms. The first kappa shape index (κ1) is 12.5. The number of nitrogens with two attached hydrogens (primary N) is 1. The van der Waals surface area contributed by atoms with E-state index in [4.69, 9.17) is 17.3 Å². The first-order valence-corrected chi connectivity index (χ1v) is 7.08. The van der Waals surface area contributed by atoms with Gasteiger partial charge in [-0.3, -0.25) is 0 Å². The Morgan fingerprint density at radius 3 is 2.56 bits per heavy atom. The molecule has 3 N–H and O–H groups in total. The molecule has 2 nitrogen and oxygen atoms in total. The van der Waals surface area contributed by atoms with E-state index in [2.05, 4.69) is 40.0 Å². The van der Waals surface area contributed by atoms with Gasteiger partial charge in [0.1, 0.15) is 0 Å². The predicted molar refractivity (Wildman–Crippen MR) is 78.0 cm³/mol. The van der Waals surface area contributed by atoms with Gasteiger partial charge in [0.15, 0.2) is 0 Å². The lowest BCUT2D eigenvalue weighted by atomic mass is 9.92. The van der Waals surface area contributed by atoms with Crippen molar-refractivity contribution >= 4 is 39.9 Å². The molecule has 0 spiro atoms. The summed E-state index contributed by atoms with van der Waals surface area (Å²) in [5.41, 5.74) is 6.93. The van der Waals surface area contributed by atoms with Crippen molar-refractivity contribution in [1.29, 1.82) is 0 Å². The Morgan fingerprint density at radius 2 is 1.94 bits per heavy atom. The fourth-order valence-corrected chi connectivity index (χ4v) is 3.00. The summed E-state index contributed by atoms with van der Waals surface area (Å²) in [6.45, 7) is 0. The lowest BCUT2D eigenvalue weighted by Gasteiger charge is -2.28. The van der Waals surface area contributed by atoms with Crippen LogP contribution in [0.2, 0.25) is 5.02 Å². The van der Waals surface area contributed by atoms with E-state index < -0.39 is 0 Å². The lowest BCUT2D eigenvalue weighted by Crippen LogP contribution is -2.32.